The molecule has 6 heteroatoms. The largest absolute Gasteiger partial charge is 0.481 e. The zero-order valence-electron chi connectivity index (χ0n) is 13.3. The number of carbonyl (C=O) groups is 1. The van der Waals surface area contributed by atoms with E-state index in [-0.39, 0.29) is 6.42 Å². The molecule has 1 N–H and O–H groups in total. The van der Waals surface area contributed by atoms with Crippen LogP contribution in [0.3, 0.4) is 0 Å². The van der Waals surface area contributed by atoms with Crippen LogP contribution < -0.4 is 10.1 Å². The van der Waals surface area contributed by atoms with Gasteiger partial charge in [0.25, 0.3) is 5.91 Å². The molecule has 0 unspecified atom stereocenters. The van der Waals surface area contributed by atoms with Crippen LogP contribution in [0.1, 0.15) is 38.2 Å². The Bertz CT molecular complexity index is 528. The summed E-state index contributed by atoms with van der Waals surface area (Å²) >= 11 is 0. The van der Waals surface area contributed by atoms with Crippen LogP contribution in [0.2, 0.25) is 0 Å². The molecule has 1 saturated carbocycles. The van der Waals surface area contributed by atoms with Crippen molar-refractivity contribution in [2.45, 2.75) is 57.9 Å². The predicted molar refractivity (Wildman–Crippen MR) is 81.2 cm³/mol. The van der Waals surface area contributed by atoms with Crippen molar-refractivity contribution in [1.82, 2.24) is 5.32 Å². The van der Waals surface area contributed by atoms with E-state index in [1.807, 2.05) is 19.1 Å². The number of ether oxygens (including phenoxy) is 1. The van der Waals surface area contributed by atoms with E-state index in [9.17, 15) is 18.0 Å². The van der Waals surface area contributed by atoms with Crippen LogP contribution in [0.15, 0.2) is 24.3 Å². The molecule has 1 aromatic rings. The first-order valence-corrected chi connectivity index (χ1v) is 7.88. The molecule has 1 aliphatic rings. The number of halogens is 3. The topological polar surface area (TPSA) is 38.3 Å². The molecule has 3 atom stereocenters. The summed E-state index contributed by atoms with van der Waals surface area (Å²) in [6.07, 6.45) is -3.45. The summed E-state index contributed by atoms with van der Waals surface area (Å²) in [7, 11) is 0. The molecule has 0 aromatic heterocycles. The highest BCUT2D eigenvalue weighted by atomic mass is 19.4. The number of nitrogens with one attached hydrogen (secondary N) is 1. The van der Waals surface area contributed by atoms with E-state index >= 15 is 0 Å². The molecule has 0 radical (unpaired) electrons. The van der Waals surface area contributed by atoms with Gasteiger partial charge in [0.2, 0.25) is 0 Å². The first-order chi connectivity index (χ1) is 10.8. The van der Waals surface area contributed by atoms with Crippen LogP contribution in [0.5, 0.6) is 5.75 Å². The standard InChI is InChI=1S/C17H22F3NO2/c1-11-7-9-13(10-8-11)23-12(2)16(22)21-15-6-4-3-5-14(15)17(18,19)20/h7-10,12,14-15H,3-6H2,1-2H3,(H,21,22)/t12-,14-,15-/m1/s1. The van der Waals surface area contributed by atoms with Crippen LogP contribution >= 0.6 is 0 Å². The monoisotopic (exact) mass is 329 g/mol. The summed E-state index contributed by atoms with van der Waals surface area (Å²) in [5.74, 6) is -1.45. The minimum atomic E-state index is -4.28. The number of carbonyl (C=O) groups excluding carboxylic acids is 1. The van der Waals surface area contributed by atoms with Crippen molar-refractivity contribution < 1.29 is 22.7 Å². The van der Waals surface area contributed by atoms with Gasteiger partial charge >= 0.3 is 6.18 Å². The Hall–Kier alpha value is -1.72. The summed E-state index contributed by atoms with van der Waals surface area (Å²) in [6.45, 7) is 3.47. The lowest BCUT2D eigenvalue weighted by Crippen LogP contribution is -2.50. The first-order valence-electron chi connectivity index (χ1n) is 7.88. The maximum atomic E-state index is 13.0. The van der Waals surface area contributed by atoms with Crippen LogP contribution in [0.25, 0.3) is 0 Å². The van der Waals surface area contributed by atoms with Crippen molar-refractivity contribution in [2.75, 3.05) is 0 Å². The van der Waals surface area contributed by atoms with Gasteiger partial charge in [-0.15, -0.1) is 0 Å². The molecular weight excluding hydrogens is 307 g/mol. The lowest BCUT2D eigenvalue weighted by Gasteiger charge is -2.34. The quantitative estimate of drug-likeness (QED) is 0.907. The summed E-state index contributed by atoms with van der Waals surface area (Å²) in [6, 6.07) is 6.30. The first kappa shape index (κ1) is 17.6. The van der Waals surface area contributed by atoms with Crippen molar-refractivity contribution in [2.24, 2.45) is 5.92 Å². The normalized spacial score (nSPS) is 23.2. The van der Waals surface area contributed by atoms with E-state index in [2.05, 4.69) is 5.32 Å². The highest BCUT2D eigenvalue weighted by Gasteiger charge is 2.46. The fourth-order valence-corrected chi connectivity index (χ4v) is 2.87. The summed E-state index contributed by atoms with van der Waals surface area (Å²) in [5.41, 5.74) is 1.06. The Morgan fingerprint density at radius 3 is 2.43 bits per heavy atom. The van der Waals surface area contributed by atoms with Gasteiger partial charge in [0.1, 0.15) is 5.75 Å². The summed E-state index contributed by atoms with van der Waals surface area (Å²) in [5, 5.41) is 2.52. The van der Waals surface area contributed by atoms with Gasteiger partial charge in [0.05, 0.1) is 5.92 Å². The van der Waals surface area contributed by atoms with E-state index in [4.69, 9.17) is 4.74 Å². The lowest BCUT2D eigenvalue weighted by molar-refractivity contribution is -0.189. The van der Waals surface area contributed by atoms with E-state index in [0.717, 1.165) is 5.56 Å². The van der Waals surface area contributed by atoms with Crippen molar-refractivity contribution in [3.8, 4) is 5.75 Å². The van der Waals surface area contributed by atoms with Crippen molar-refractivity contribution in [3.63, 3.8) is 0 Å². The van der Waals surface area contributed by atoms with Gasteiger partial charge in [0.15, 0.2) is 6.10 Å². The summed E-state index contributed by atoms with van der Waals surface area (Å²) in [4.78, 5) is 12.2. The third kappa shape index (κ3) is 4.88. The van der Waals surface area contributed by atoms with Crippen LogP contribution in [-0.2, 0) is 4.79 Å². The maximum absolute atomic E-state index is 13.0. The molecule has 1 amide bonds. The Morgan fingerprint density at radius 1 is 1.22 bits per heavy atom. The van der Waals surface area contributed by atoms with Gasteiger partial charge in [0, 0.05) is 6.04 Å². The molecule has 0 saturated heterocycles. The van der Waals surface area contributed by atoms with Crippen molar-refractivity contribution in [1.29, 1.82) is 0 Å². The molecule has 1 fully saturated rings. The average Bonchev–Trinajstić information content (AvgIpc) is 2.49. The van der Waals surface area contributed by atoms with Gasteiger partial charge in [-0.05, 0) is 38.8 Å². The van der Waals surface area contributed by atoms with E-state index in [1.54, 1.807) is 19.1 Å². The minimum absolute atomic E-state index is 0.0711. The molecule has 2 rings (SSSR count). The van der Waals surface area contributed by atoms with Gasteiger partial charge in [-0.25, -0.2) is 0 Å². The van der Waals surface area contributed by atoms with E-state index in [0.29, 0.717) is 25.0 Å². The molecule has 3 nitrogen and oxygen atoms in total. The van der Waals surface area contributed by atoms with Crippen LogP contribution in [0.4, 0.5) is 13.2 Å². The maximum Gasteiger partial charge on any atom is 0.393 e. The number of alkyl halides is 3. The lowest BCUT2D eigenvalue weighted by atomic mass is 9.84. The molecule has 1 aromatic carbocycles. The number of hydrogen-bond donors (Lipinski definition) is 1. The fraction of sp³-hybridized carbons (Fsp3) is 0.588. The van der Waals surface area contributed by atoms with Gasteiger partial charge in [-0.3, -0.25) is 4.79 Å². The zero-order valence-corrected chi connectivity index (χ0v) is 13.3. The average molecular weight is 329 g/mol. The third-order valence-corrected chi connectivity index (χ3v) is 4.22. The molecule has 128 valence electrons. The number of amides is 1. The Morgan fingerprint density at radius 2 is 1.83 bits per heavy atom. The van der Waals surface area contributed by atoms with Crippen LogP contribution in [0, 0.1) is 12.8 Å². The van der Waals surface area contributed by atoms with Gasteiger partial charge in [-0.2, -0.15) is 13.2 Å². The summed E-state index contributed by atoms with van der Waals surface area (Å²) < 4.78 is 44.6. The molecule has 23 heavy (non-hydrogen) atoms. The number of aryl methyl sites for hydroxylation is 1. The molecule has 0 heterocycles. The Balaban J connectivity index is 1.95. The van der Waals surface area contributed by atoms with Gasteiger partial charge in [-0.1, -0.05) is 30.5 Å². The number of hydrogen-bond acceptors (Lipinski definition) is 2. The molecule has 1 aliphatic carbocycles. The van der Waals surface area contributed by atoms with Crippen LogP contribution in [-0.4, -0.2) is 24.2 Å². The van der Waals surface area contributed by atoms with E-state index < -0.39 is 30.1 Å². The third-order valence-electron chi connectivity index (χ3n) is 4.22. The molecular formula is C17H22F3NO2. The highest BCUT2D eigenvalue weighted by molar-refractivity contribution is 5.81. The Kier molecular flexibility index (Phi) is 5.55. The smallest absolute Gasteiger partial charge is 0.393 e. The SMILES string of the molecule is Cc1ccc(O[C@H](C)C(=O)N[C@@H]2CCCC[C@H]2C(F)(F)F)cc1. The second kappa shape index (κ2) is 7.23. The second-order valence-corrected chi connectivity index (χ2v) is 6.12. The highest BCUT2D eigenvalue weighted by Crippen LogP contribution is 2.37. The van der Waals surface area contributed by atoms with Crippen molar-refractivity contribution >= 4 is 5.91 Å². The Labute approximate surface area is 134 Å². The zero-order chi connectivity index (χ0) is 17.0. The molecule has 0 bridgehead atoms. The number of benzene rings is 1. The molecule has 0 aliphatic heterocycles. The second-order valence-electron chi connectivity index (χ2n) is 6.12. The fourth-order valence-electron chi connectivity index (χ4n) is 2.87. The molecule has 0 spiro atoms. The predicted octanol–water partition coefficient (Wildman–Crippen LogP) is 4.00. The minimum Gasteiger partial charge on any atom is -0.481 e. The van der Waals surface area contributed by atoms with Crippen molar-refractivity contribution in [3.05, 3.63) is 29.8 Å². The van der Waals surface area contributed by atoms with E-state index in [1.165, 1.54) is 0 Å². The number of rotatable bonds is 4. The van der Waals surface area contributed by atoms with Gasteiger partial charge < -0.3 is 10.1 Å².